The van der Waals surface area contributed by atoms with Crippen LogP contribution in [0.1, 0.15) is 71.7 Å². The van der Waals surface area contributed by atoms with E-state index in [4.69, 9.17) is 9.47 Å². The van der Waals surface area contributed by atoms with Crippen molar-refractivity contribution in [3.63, 3.8) is 0 Å². The van der Waals surface area contributed by atoms with E-state index in [1.165, 1.54) is 13.5 Å². The lowest BCUT2D eigenvalue weighted by Gasteiger charge is -2.26. The first-order chi connectivity index (χ1) is 26.8. The van der Waals surface area contributed by atoms with E-state index in [0.29, 0.717) is 43.6 Å². The molecule has 0 aliphatic rings. The Balaban J connectivity index is 1.28. The number of phenolic OH excluding ortho intramolecular Hbond substituents is 2. The van der Waals surface area contributed by atoms with Gasteiger partial charge in [-0.25, -0.2) is 0 Å². The number of aryl methyl sites for hydroxylation is 1. The molecule has 0 saturated carbocycles. The van der Waals surface area contributed by atoms with E-state index < -0.39 is 12.0 Å². The monoisotopic (exact) mass is 742 g/mol. The Morgan fingerprint density at radius 1 is 0.764 bits per heavy atom. The van der Waals surface area contributed by atoms with Gasteiger partial charge in [-0.05, 0) is 113 Å². The molecule has 3 atom stereocenters. The number of ether oxygens (including phenoxy) is 2. The van der Waals surface area contributed by atoms with Crippen LogP contribution in [0, 0.1) is 11.8 Å². The molecule has 0 amide bonds. The summed E-state index contributed by atoms with van der Waals surface area (Å²) < 4.78 is 11.2. The number of hydrogen-bond donors (Lipinski definition) is 5. The Hall–Kier alpha value is -5.47. The van der Waals surface area contributed by atoms with E-state index in [1.54, 1.807) is 25.3 Å². The van der Waals surface area contributed by atoms with Crippen LogP contribution in [0.4, 0.5) is 0 Å². The first-order valence-electron chi connectivity index (χ1n) is 19.4. The van der Waals surface area contributed by atoms with Crippen LogP contribution >= 0.6 is 0 Å². The maximum atomic E-state index is 14.4. The van der Waals surface area contributed by atoms with Gasteiger partial charge in [0.1, 0.15) is 5.78 Å². The summed E-state index contributed by atoms with van der Waals surface area (Å²) in [6.07, 6.45) is 11.7. The normalized spacial score (nSPS) is 13.1. The standard InChI is InChI=1S/C47H54N2O6/c1-4-5-6-13-39-24-33(30-49-39)23-37(21-31-15-17-42(50)46(25-31)54-2)44(52)28-45(53)38(22-32-19-20-48-29-32)26-36-16-18-43(51)47(55-3)41(36)27-35-12-9-11-34-10-7-8-14-40(34)35/h7-12,14-20,24-25,29-30,37-38,45,48-51,53H,4-6,13,21-23,26-28H2,1-3H3/t37-,38-,45-/m1/s1. The smallest absolute Gasteiger partial charge is 0.164 e. The number of rotatable bonds is 20. The summed E-state index contributed by atoms with van der Waals surface area (Å²) in [6, 6.07) is 27.4. The molecule has 0 bridgehead atoms. The number of carbonyl (C=O) groups is 1. The summed E-state index contributed by atoms with van der Waals surface area (Å²) in [7, 11) is 3.08. The zero-order valence-corrected chi connectivity index (χ0v) is 32.2. The highest BCUT2D eigenvalue weighted by atomic mass is 16.5. The fourth-order valence-corrected chi connectivity index (χ4v) is 7.90. The molecule has 0 saturated heterocycles. The zero-order chi connectivity index (χ0) is 38.7. The first kappa shape index (κ1) is 39.2. The van der Waals surface area contributed by atoms with Crippen molar-refractivity contribution in [3.05, 3.63) is 143 Å². The van der Waals surface area contributed by atoms with E-state index in [-0.39, 0.29) is 29.6 Å². The van der Waals surface area contributed by atoms with E-state index in [2.05, 4.69) is 47.2 Å². The Bertz CT molecular complexity index is 2150. The topological polar surface area (TPSA) is 128 Å². The Morgan fingerprint density at radius 2 is 1.56 bits per heavy atom. The second-order valence-corrected chi connectivity index (χ2v) is 14.8. The maximum absolute atomic E-state index is 14.4. The third-order valence-electron chi connectivity index (χ3n) is 10.9. The van der Waals surface area contributed by atoms with Crippen molar-refractivity contribution in [1.29, 1.82) is 0 Å². The van der Waals surface area contributed by atoms with Crippen molar-refractivity contribution < 1.29 is 29.6 Å². The number of aliphatic hydroxyl groups excluding tert-OH is 1. The van der Waals surface area contributed by atoms with Crippen LogP contribution in [0.2, 0.25) is 0 Å². The second-order valence-electron chi connectivity index (χ2n) is 14.8. The predicted molar refractivity (Wildman–Crippen MR) is 218 cm³/mol. The average Bonchev–Trinajstić information content (AvgIpc) is 3.88. The molecule has 8 heteroatoms. The molecule has 6 rings (SSSR count). The minimum atomic E-state index is -0.944. The zero-order valence-electron chi connectivity index (χ0n) is 32.2. The molecule has 0 radical (unpaired) electrons. The number of aromatic amines is 2. The number of benzene rings is 4. The lowest BCUT2D eigenvalue weighted by atomic mass is 9.81. The number of methoxy groups -OCH3 is 2. The Kier molecular flexibility index (Phi) is 13.4. The fraction of sp³-hybridized carbons (Fsp3) is 0.340. The number of aliphatic hydroxyl groups is 1. The third-order valence-corrected chi connectivity index (χ3v) is 10.9. The van der Waals surface area contributed by atoms with Crippen molar-refractivity contribution in [2.75, 3.05) is 14.2 Å². The number of aromatic hydroxyl groups is 2. The van der Waals surface area contributed by atoms with Crippen LogP contribution in [0.5, 0.6) is 23.0 Å². The molecule has 0 fully saturated rings. The molecule has 6 aromatic rings. The minimum Gasteiger partial charge on any atom is -0.504 e. The molecule has 5 N–H and O–H groups in total. The minimum absolute atomic E-state index is 0.0172. The van der Waals surface area contributed by atoms with Crippen LogP contribution in [0.25, 0.3) is 10.8 Å². The summed E-state index contributed by atoms with van der Waals surface area (Å²) >= 11 is 0. The van der Waals surface area contributed by atoms with Crippen LogP contribution in [-0.4, -0.2) is 51.4 Å². The maximum Gasteiger partial charge on any atom is 0.164 e. The van der Waals surface area contributed by atoms with Gasteiger partial charge in [0.05, 0.1) is 20.3 Å². The lowest BCUT2D eigenvalue weighted by Crippen LogP contribution is -2.31. The summed E-state index contributed by atoms with van der Waals surface area (Å²) in [5.41, 5.74) is 7.04. The molecule has 288 valence electrons. The number of H-pyrrole nitrogens is 2. The summed E-state index contributed by atoms with van der Waals surface area (Å²) in [4.78, 5) is 21.0. The summed E-state index contributed by atoms with van der Waals surface area (Å²) in [5.74, 6) is 0.141. The number of fused-ring (bicyclic) bond motifs is 1. The van der Waals surface area contributed by atoms with Gasteiger partial charge in [-0.2, -0.15) is 0 Å². The van der Waals surface area contributed by atoms with E-state index in [1.807, 2.05) is 55.0 Å². The highest BCUT2D eigenvalue weighted by molar-refractivity contribution is 5.86. The summed E-state index contributed by atoms with van der Waals surface area (Å²) in [6.45, 7) is 2.19. The molecule has 0 aliphatic heterocycles. The average molecular weight is 743 g/mol. The molecular weight excluding hydrogens is 689 g/mol. The molecular formula is C47H54N2O6. The molecule has 8 nitrogen and oxygen atoms in total. The van der Waals surface area contributed by atoms with Crippen LogP contribution in [-0.2, 0) is 43.3 Å². The van der Waals surface area contributed by atoms with Crippen molar-refractivity contribution in [1.82, 2.24) is 9.97 Å². The lowest BCUT2D eigenvalue weighted by molar-refractivity contribution is -0.125. The number of Topliss-reactive ketones (excluding diaryl/α,β-unsaturated/α-hetero) is 1. The molecule has 2 aromatic heterocycles. The number of phenols is 2. The number of ketones is 1. The van der Waals surface area contributed by atoms with Gasteiger partial charge in [-0.3, -0.25) is 4.79 Å². The third kappa shape index (κ3) is 9.99. The summed E-state index contributed by atoms with van der Waals surface area (Å²) in [5, 5.41) is 35.5. The predicted octanol–water partition coefficient (Wildman–Crippen LogP) is 9.07. The number of nitrogens with one attached hydrogen (secondary N) is 2. The Labute approximate surface area is 324 Å². The number of hydrogen-bond acceptors (Lipinski definition) is 6. The quantitative estimate of drug-likeness (QED) is 0.0497. The van der Waals surface area contributed by atoms with Gasteiger partial charge in [-0.15, -0.1) is 0 Å². The van der Waals surface area contributed by atoms with Gasteiger partial charge in [0, 0.05) is 48.6 Å². The molecule has 0 spiro atoms. The molecule has 4 aromatic carbocycles. The van der Waals surface area contributed by atoms with E-state index >= 15 is 0 Å². The van der Waals surface area contributed by atoms with E-state index in [9.17, 15) is 20.1 Å². The van der Waals surface area contributed by atoms with Gasteiger partial charge in [0.2, 0.25) is 0 Å². The number of unbranched alkanes of at least 4 members (excludes halogenated alkanes) is 2. The Morgan fingerprint density at radius 3 is 2.35 bits per heavy atom. The SMILES string of the molecule is CCCCCc1cc(C[C@@H](Cc2ccc(O)c(OC)c2)C(=O)C[C@@H](O)[C@H](Cc2cc[nH]c2)Cc2ccc(O)c(OC)c2Cc2cccc3ccccc23)c[nH]1. The highest BCUT2D eigenvalue weighted by Gasteiger charge is 2.29. The van der Waals surface area contributed by atoms with Gasteiger partial charge >= 0.3 is 0 Å². The van der Waals surface area contributed by atoms with Crippen LogP contribution in [0.3, 0.4) is 0 Å². The van der Waals surface area contributed by atoms with Crippen LogP contribution in [0.15, 0.2) is 104 Å². The van der Waals surface area contributed by atoms with Gasteiger partial charge in [-0.1, -0.05) is 74.4 Å². The van der Waals surface area contributed by atoms with Crippen molar-refractivity contribution in [3.8, 4) is 23.0 Å². The van der Waals surface area contributed by atoms with Crippen LogP contribution < -0.4 is 9.47 Å². The molecule has 0 unspecified atom stereocenters. The second kappa shape index (κ2) is 18.7. The van der Waals surface area contributed by atoms with Gasteiger partial charge in [0.15, 0.2) is 23.0 Å². The van der Waals surface area contributed by atoms with Crippen molar-refractivity contribution >= 4 is 16.6 Å². The molecule has 55 heavy (non-hydrogen) atoms. The number of aromatic nitrogens is 2. The molecule has 2 heterocycles. The van der Waals surface area contributed by atoms with E-state index in [0.717, 1.165) is 69.1 Å². The largest absolute Gasteiger partial charge is 0.504 e. The first-order valence-corrected chi connectivity index (χ1v) is 19.4. The van der Waals surface area contributed by atoms with Crippen molar-refractivity contribution in [2.24, 2.45) is 11.8 Å². The molecule has 0 aliphatic carbocycles. The van der Waals surface area contributed by atoms with Crippen molar-refractivity contribution in [2.45, 2.75) is 77.2 Å². The van der Waals surface area contributed by atoms with Gasteiger partial charge < -0.3 is 34.8 Å². The highest BCUT2D eigenvalue weighted by Crippen LogP contribution is 2.38. The van der Waals surface area contributed by atoms with Gasteiger partial charge in [0.25, 0.3) is 0 Å². The fourth-order valence-electron chi connectivity index (χ4n) is 7.90. The number of carbonyl (C=O) groups excluding carboxylic acids is 1.